The minimum atomic E-state index is 0.664. The van der Waals surface area contributed by atoms with E-state index in [4.69, 9.17) is 5.73 Å². The Morgan fingerprint density at radius 2 is 2.12 bits per heavy atom. The zero-order chi connectivity index (χ0) is 11.7. The van der Waals surface area contributed by atoms with Crippen molar-refractivity contribution in [1.82, 2.24) is 9.88 Å². The number of hydrogen-bond donors (Lipinski definition) is 1. The van der Waals surface area contributed by atoms with Crippen LogP contribution in [0.3, 0.4) is 0 Å². The Kier molecular flexibility index (Phi) is 2.82. The van der Waals surface area contributed by atoms with Crippen molar-refractivity contribution in [2.24, 2.45) is 0 Å². The van der Waals surface area contributed by atoms with Gasteiger partial charge in [-0.3, -0.25) is 4.90 Å². The highest BCUT2D eigenvalue weighted by molar-refractivity contribution is 7.15. The summed E-state index contributed by atoms with van der Waals surface area (Å²) in [6, 6.07) is 8.70. The van der Waals surface area contributed by atoms with E-state index >= 15 is 0 Å². The number of rotatable bonds is 2. The monoisotopic (exact) mass is 245 g/mol. The number of nitrogens with two attached hydrogens (primary N) is 1. The van der Waals surface area contributed by atoms with Gasteiger partial charge in [0.1, 0.15) is 0 Å². The predicted octanol–water partition coefficient (Wildman–Crippen LogP) is 2.28. The van der Waals surface area contributed by atoms with E-state index in [1.54, 1.807) is 11.3 Å². The van der Waals surface area contributed by atoms with Crippen LogP contribution in [0.4, 0.5) is 5.13 Å². The summed E-state index contributed by atoms with van der Waals surface area (Å²) in [5.74, 6) is 0. The molecule has 2 heterocycles. The lowest BCUT2D eigenvalue weighted by atomic mass is 10.00. The van der Waals surface area contributed by atoms with Crippen LogP contribution >= 0.6 is 11.3 Å². The van der Waals surface area contributed by atoms with E-state index in [-0.39, 0.29) is 0 Å². The molecule has 17 heavy (non-hydrogen) atoms. The SMILES string of the molecule is Nc1ncc(CN2CCc3ccccc3C2)s1. The molecule has 0 spiro atoms. The molecule has 1 aliphatic heterocycles. The van der Waals surface area contributed by atoms with E-state index in [1.807, 2.05) is 6.20 Å². The molecule has 1 aliphatic rings. The first kappa shape index (κ1) is 10.7. The number of benzene rings is 1. The van der Waals surface area contributed by atoms with Gasteiger partial charge in [-0.15, -0.1) is 11.3 Å². The number of anilines is 1. The van der Waals surface area contributed by atoms with Gasteiger partial charge in [-0.2, -0.15) is 0 Å². The number of hydrogen-bond acceptors (Lipinski definition) is 4. The Labute approximate surface area is 105 Å². The maximum Gasteiger partial charge on any atom is 0.180 e. The maximum absolute atomic E-state index is 5.65. The van der Waals surface area contributed by atoms with Crippen molar-refractivity contribution in [3.63, 3.8) is 0 Å². The second-order valence-corrected chi connectivity index (χ2v) is 5.54. The summed E-state index contributed by atoms with van der Waals surface area (Å²) in [5.41, 5.74) is 8.60. The molecule has 0 bridgehead atoms. The third-order valence-electron chi connectivity index (χ3n) is 3.16. The Bertz CT molecular complexity index is 521. The number of nitrogens with zero attached hydrogens (tertiary/aromatic N) is 2. The number of nitrogen functional groups attached to an aromatic ring is 1. The standard InChI is InChI=1S/C13H15N3S/c14-13-15-7-12(17-13)9-16-6-5-10-3-1-2-4-11(10)8-16/h1-4,7H,5-6,8-9H2,(H2,14,15). The number of aromatic nitrogens is 1. The summed E-state index contributed by atoms with van der Waals surface area (Å²) in [5, 5.41) is 0.664. The third kappa shape index (κ3) is 2.33. The summed E-state index contributed by atoms with van der Waals surface area (Å²) >= 11 is 1.59. The van der Waals surface area contributed by atoms with E-state index in [0.29, 0.717) is 5.13 Å². The van der Waals surface area contributed by atoms with Gasteiger partial charge in [0.2, 0.25) is 0 Å². The topological polar surface area (TPSA) is 42.1 Å². The molecule has 3 nitrogen and oxygen atoms in total. The average molecular weight is 245 g/mol. The maximum atomic E-state index is 5.65. The van der Waals surface area contributed by atoms with Crippen molar-refractivity contribution < 1.29 is 0 Å². The van der Waals surface area contributed by atoms with Crippen molar-refractivity contribution in [2.75, 3.05) is 12.3 Å². The highest BCUT2D eigenvalue weighted by atomic mass is 32.1. The fraction of sp³-hybridized carbons (Fsp3) is 0.308. The number of fused-ring (bicyclic) bond motifs is 1. The van der Waals surface area contributed by atoms with Crippen LogP contribution in [0.1, 0.15) is 16.0 Å². The van der Waals surface area contributed by atoms with Crippen LogP contribution in [-0.2, 0) is 19.5 Å². The molecule has 1 aromatic carbocycles. The average Bonchev–Trinajstić information content (AvgIpc) is 2.75. The molecule has 0 saturated heterocycles. The Morgan fingerprint density at radius 1 is 1.29 bits per heavy atom. The first-order valence-corrected chi connectivity index (χ1v) is 6.62. The van der Waals surface area contributed by atoms with Crippen LogP contribution in [0.15, 0.2) is 30.5 Å². The van der Waals surface area contributed by atoms with Crippen LogP contribution in [0, 0.1) is 0 Å². The van der Waals surface area contributed by atoms with E-state index in [0.717, 1.165) is 26.1 Å². The summed E-state index contributed by atoms with van der Waals surface area (Å²) in [6.45, 7) is 3.12. The quantitative estimate of drug-likeness (QED) is 0.882. The molecule has 1 aromatic heterocycles. The molecule has 0 saturated carbocycles. The summed E-state index contributed by atoms with van der Waals surface area (Å²) < 4.78 is 0. The molecule has 88 valence electrons. The van der Waals surface area contributed by atoms with Crippen molar-refractivity contribution >= 4 is 16.5 Å². The predicted molar refractivity (Wildman–Crippen MR) is 70.8 cm³/mol. The van der Waals surface area contributed by atoms with E-state index < -0.39 is 0 Å². The Balaban J connectivity index is 1.72. The minimum Gasteiger partial charge on any atom is -0.375 e. The van der Waals surface area contributed by atoms with Gasteiger partial charge >= 0.3 is 0 Å². The van der Waals surface area contributed by atoms with Gasteiger partial charge in [0.25, 0.3) is 0 Å². The fourth-order valence-electron chi connectivity index (χ4n) is 2.31. The molecule has 2 aromatic rings. The third-order valence-corrected chi connectivity index (χ3v) is 3.97. The molecule has 4 heteroatoms. The fourth-order valence-corrected chi connectivity index (χ4v) is 3.03. The minimum absolute atomic E-state index is 0.664. The van der Waals surface area contributed by atoms with Crippen LogP contribution in [0.2, 0.25) is 0 Å². The highest BCUT2D eigenvalue weighted by Gasteiger charge is 2.16. The summed E-state index contributed by atoms with van der Waals surface area (Å²) in [7, 11) is 0. The molecule has 2 N–H and O–H groups in total. The van der Waals surface area contributed by atoms with Gasteiger partial charge in [-0.25, -0.2) is 4.98 Å². The first-order chi connectivity index (χ1) is 8.31. The van der Waals surface area contributed by atoms with Gasteiger partial charge < -0.3 is 5.73 Å². The van der Waals surface area contributed by atoms with Crippen molar-refractivity contribution in [3.8, 4) is 0 Å². The molecular weight excluding hydrogens is 230 g/mol. The van der Waals surface area contributed by atoms with Gasteiger partial charge in [-0.1, -0.05) is 24.3 Å². The molecule has 0 atom stereocenters. The number of thiazole rings is 1. The molecule has 0 unspecified atom stereocenters. The van der Waals surface area contributed by atoms with Gasteiger partial charge in [0.15, 0.2) is 5.13 Å². The van der Waals surface area contributed by atoms with Gasteiger partial charge in [0.05, 0.1) is 0 Å². The van der Waals surface area contributed by atoms with E-state index in [2.05, 4.69) is 34.1 Å². The molecular formula is C13H15N3S. The lowest BCUT2D eigenvalue weighted by molar-refractivity contribution is 0.247. The highest BCUT2D eigenvalue weighted by Crippen LogP contribution is 2.22. The zero-order valence-corrected chi connectivity index (χ0v) is 10.4. The van der Waals surface area contributed by atoms with Crippen LogP contribution in [0.25, 0.3) is 0 Å². The van der Waals surface area contributed by atoms with Gasteiger partial charge in [-0.05, 0) is 17.5 Å². The van der Waals surface area contributed by atoms with Crippen LogP contribution < -0.4 is 5.73 Å². The van der Waals surface area contributed by atoms with E-state index in [1.165, 1.54) is 16.0 Å². The van der Waals surface area contributed by atoms with Crippen molar-refractivity contribution in [3.05, 3.63) is 46.5 Å². The van der Waals surface area contributed by atoms with Gasteiger partial charge in [0, 0.05) is 30.7 Å². The Hall–Kier alpha value is -1.39. The second-order valence-electron chi connectivity index (χ2n) is 4.39. The normalized spacial score (nSPS) is 15.8. The molecule has 0 amide bonds. The summed E-state index contributed by atoms with van der Waals surface area (Å²) in [6.07, 6.45) is 3.03. The zero-order valence-electron chi connectivity index (χ0n) is 9.60. The molecule has 0 fully saturated rings. The smallest absolute Gasteiger partial charge is 0.180 e. The first-order valence-electron chi connectivity index (χ1n) is 5.80. The molecule has 0 radical (unpaired) electrons. The second kappa shape index (κ2) is 4.47. The van der Waals surface area contributed by atoms with Crippen molar-refractivity contribution in [2.45, 2.75) is 19.5 Å². The van der Waals surface area contributed by atoms with E-state index in [9.17, 15) is 0 Å². The lowest BCUT2D eigenvalue weighted by Crippen LogP contribution is -2.29. The molecule has 3 rings (SSSR count). The summed E-state index contributed by atoms with van der Waals surface area (Å²) in [4.78, 5) is 7.80. The molecule has 0 aliphatic carbocycles. The van der Waals surface area contributed by atoms with Crippen molar-refractivity contribution in [1.29, 1.82) is 0 Å². The largest absolute Gasteiger partial charge is 0.375 e. The Morgan fingerprint density at radius 3 is 2.88 bits per heavy atom. The van der Waals surface area contributed by atoms with Crippen LogP contribution in [-0.4, -0.2) is 16.4 Å². The lowest BCUT2D eigenvalue weighted by Gasteiger charge is -2.28. The van der Waals surface area contributed by atoms with Crippen LogP contribution in [0.5, 0.6) is 0 Å².